The third-order valence-corrected chi connectivity index (χ3v) is 4.38. The number of nitrogen functional groups attached to an aromatic ring is 1. The second-order valence-corrected chi connectivity index (χ2v) is 5.79. The van der Waals surface area contributed by atoms with Crippen LogP contribution in [-0.4, -0.2) is 31.7 Å². The van der Waals surface area contributed by atoms with Gasteiger partial charge in [-0.2, -0.15) is 5.10 Å². The van der Waals surface area contributed by atoms with Crippen LogP contribution in [0.25, 0.3) is 17.0 Å². The predicted molar refractivity (Wildman–Crippen MR) is 86.2 cm³/mol. The Morgan fingerprint density at radius 1 is 1.26 bits per heavy atom. The third kappa shape index (κ3) is 2.38. The fraction of sp³-hybridized carbons (Fsp3) is 0.375. The molecule has 0 bridgehead atoms. The van der Waals surface area contributed by atoms with Gasteiger partial charge in [-0.1, -0.05) is 12.8 Å². The molecule has 0 radical (unpaired) electrons. The summed E-state index contributed by atoms with van der Waals surface area (Å²) >= 11 is 0. The lowest BCUT2D eigenvalue weighted by Crippen LogP contribution is -2.07. The van der Waals surface area contributed by atoms with Crippen LogP contribution >= 0.6 is 0 Å². The van der Waals surface area contributed by atoms with Gasteiger partial charge in [0.25, 0.3) is 0 Å². The van der Waals surface area contributed by atoms with E-state index in [1.54, 1.807) is 25.6 Å². The lowest BCUT2D eigenvalue weighted by atomic mass is 10.0. The molecule has 3 heterocycles. The molecule has 4 rings (SSSR count). The van der Waals surface area contributed by atoms with Crippen LogP contribution in [0.5, 0.6) is 5.75 Å². The molecule has 1 aliphatic carbocycles. The summed E-state index contributed by atoms with van der Waals surface area (Å²) in [5.74, 6) is 1.49. The maximum atomic E-state index is 5.69. The highest BCUT2D eigenvalue weighted by atomic mass is 16.5. The second kappa shape index (κ2) is 5.49. The van der Waals surface area contributed by atoms with Crippen molar-refractivity contribution < 1.29 is 4.74 Å². The largest absolute Gasteiger partial charge is 0.495 e. The Hall–Kier alpha value is -2.70. The summed E-state index contributed by atoms with van der Waals surface area (Å²) in [6, 6.07) is 3.75. The van der Waals surface area contributed by atoms with Crippen molar-refractivity contribution in [3.8, 4) is 17.1 Å². The summed E-state index contributed by atoms with van der Waals surface area (Å²) in [5, 5.41) is 4.82. The average molecular weight is 310 g/mol. The van der Waals surface area contributed by atoms with Crippen LogP contribution < -0.4 is 10.5 Å². The standard InChI is InChI=1S/C16H18N6O/c1-23-13-8-14-19-9-12(11-6-7-18-16(17)20-11)22(14)21-15(13)10-4-2-3-5-10/h6-10H,2-5H2,1H3,(H2,17,18,20). The number of aromatic nitrogens is 5. The number of imidazole rings is 1. The molecule has 1 fully saturated rings. The van der Waals surface area contributed by atoms with Gasteiger partial charge < -0.3 is 10.5 Å². The van der Waals surface area contributed by atoms with Gasteiger partial charge >= 0.3 is 0 Å². The van der Waals surface area contributed by atoms with Crippen LogP contribution in [0.15, 0.2) is 24.5 Å². The molecule has 7 heteroatoms. The zero-order valence-electron chi connectivity index (χ0n) is 12.9. The van der Waals surface area contributed by atoms with E-state index < -0.39 is 0 Å². The highest BCUT2D eigenvalue weighted by molar-refractivity contribution is 5.61. The van der Waals surface area contributed by atoms with Gasteiger partial charge in [-0.15, -0.1) is 0 Å². The maximum absolute atomic E-state index is 5.69. The Bertz CT molecular complexity index is 853. The van der Waals surface area contributed by atoms with E-state index in [0.717, 1.165) is 35.6 Å². The van der Waals surface area contributed by atoms with Crippen LogP contribution in [0, 0.1) is 0 Å². The number of anilines is 1. The molecule has 7 nitrogen and oxygen atoms in total. The number of hydrogen-bond acceptors (Lipinski definition) is 6. The van der Waals surface area contributed by atoms with Crippen LogP contribution in [-0.2, 0) is 0 Å². The van der Waals surface area contributed by atoms with E-state index in [9.17, 15) is 0 Å². The normalized spacial score (nSPS) is 15.3. The first-order valence-electron chi connectivity index (χ1n) is 7.78. The molecule has 1 saturated carbocycles. The first kappa shape index (κ1) is 13.9. The SMILES string of the molecule is COc1cc2ncc(-c3ccnc(N)n3)n2nc1C1CCCC1. The molecule has 0 aliphatic heterocycles. The predicted octanol–water partition coefficient (Wildman–Crippen LogP) is 2.43. The first-order valence-corrected chi connectivity index (χ1v) is 7.78. The number of rotatable bonds is 3. The molecule has 118 valence electrons. The van der Waals surface area contributed by atoms with Crippen molar-refractivity contribution in [1.29, 1.82) is 0 Å². The van der Waals surface area contributed by atoms with Crippen molar-refractivity contribution >= 4 is 11.6 Å². The van der Waals surface area contributed by atoms with Crippen molar-refractivity contribution in [1.82, 2.24) is 24.6 Å². The molecule has 0 amide bonds. The molecular weight excluding hydrogens is 292 g/mol. The quantitative estimate of drug-likeness (QED) is 0.799. The van der Waals surface area contributed by atoms with E-state index >= 15 is 0 Å². The number of ether oxygens (including phenoxy) is 1. The van der Waals surface area contributed by atoms with E-state index in [4.69, 9.17) is 15.6 Å². The molecule has 0 unspecified atom stereocenters. The zero-order valence-corrected chi connectivity index (χ0v) is 12.9. The molecule has 3 aromatic rings. The van der Waals surface area contributed by atoms with Gasteiger partial charge in [-0.25, -0.2) is 19.5 Å². The Balaban J connectivity index is 1.89. The summed E-state index contributed by atoms with van der Waals surface area (Å²) in [7, 11) is 1.68. The van der Waals surface area contributed by atoms with Gasteiger partial charge in [0.2, 0.25) is 5.95 Å². The Labute approximate surface area is 133 Å². The van der Waals surface area contributed by atoms with Crippen molar-refractivity contribution in [2.24, 2.45) is 0 Å². The lowest BCUT2D eigenvalue weighted by molar-refractivity contribution is 0.399. The van der Waals surface area contributed by atoms with Crippen molar-refractivity contribution in [3.63, 3.8) is 0 Å². The van der Waals surface area contributed by atoms with Crippen LogP contribution in [0.2, 0.25) is 0 Å². The molecule has 0 atom stereocenters. The molecule has 0 saturated heterocycles. The van der Waals surface area contributed by atoms with Crippen molar-refractivity contribution in [2.75, 3.05) is 12.8 Å². The lowest BCUT2D eigenvalue weighted by Gasteiger charge is -2.14. The van der Waals surface area contributed by atoms with E-state index in [2.05, 4.69) is 15.0 Å². The maximum Gasteiger partial charge on any atom is 0.220 e. The summed E-state index contributed by atoms with van der Waals surface area (Å²) in [4.78, 5) is 12.6. The Morgan fingerprint density at radius 3 is 2.83 bits per heavy atom. The minimum absolute atomic E-state index is 0.238. The van der Waals surface area contributed by atoms with Crippen LogP contribution in [0.3, 0.4) is 0 Å². The second-order valence-electron chi connectivity index (χ2n) is 5.79. The average Bonchev–Trinajstić information content (AvgIpc) is 3.22. The highest BCUT2D eigenvalue weighted by Crippen LogP contribution is 2.38. The van der Waals surface area contributed by atoms with Gasteiger partial charge in [0, 0.05) is 18.2 Å². The fourth-order valence-electron chi connectivity index (χ4n) is 3.25. The highest BCUT2D eigenvalue weighted by Gasteiger charge is 2.24. The van der Waals surface area contributed by atoms with Crippen molar-refractivity contribution in [3.05, 3.63) is 30.2 Å². The summed E-state index contributed by atoms with van der Waals surface area (Å²) in [5.41, 5.74) is 8.93. The molecule has 23 heavy (non-hydrogen) atoms. The minimum atomic E-state index is 0.238. The van der Waals surface area contributed by atoms with Crippen LogP contribution in [0.1, 0.15) is 37.3 Å². The summed E-state index contributed by atoms with van der Waals surface area (Å²) in [6.45, 7) is 0. The topological polar surface area (TPSA) is 91.2 Å². The summed E-state index contributed by atoms with van der Waals surface area (Å²) < 4.78 is 7.36. The molecule has 3 aromatic heterocycles. The molecule has 0 aromatic carbocycles. The smallest absolute Gasteiger partial charge is 0.220 e. The molecular formula is C16H18N6O. The van der Waals surface area contributed by atoms with Crippen molar-refractivity contribution in [2.45, 2.75) is 31.6 Å². The monoisotopic (exact) mass is 310 g/mol. The minimum Gasteiger partial charge on any atom is -0.495 e. The van der Waals surface area contributed by atoms with Gasteiger partial charge in [-0.05, 0) is 18.9 Å². The number of hydrogen-bond donors (Lipinski definition) is 1. The van der Waals surface area contributed by atoms with E-state index in [1.807, 2.05) is 10.6 Å². The van der Waals surface area contributed by atoms with Gasteiger partial charge in [0.05, 0.1) is 19.0 Å². The Morgan fingerprint density at radius 2 is 2.09 bits per heavy atom. The number of nitrogens with two attached hydrogens (primary N) is 1. The molecule has 0 spiro atoms. The van der Waals surface area contributed by atoms with Gasteiger partial charge in [0.1, 0.15) is 17.1 Å². The zero-order chi connectivity index (χ0) is 15.8. The summed E-state index contributed by atoms with van der Waals surface area (Å²) in [6.07, 6.45) is 8.18. The van der Waals surface area contributed by atoms with Gasteiger partial charge in [-0.3, -0.25) is 0 Å². The Kier molecular flexibility index (Phi) is 3.33. The number of methoxy groups -OCH3 is 1. The van der Waals surface area contributed by atoms with E-state index in [0.29, 0.717) is 11.6 Å². The van der Waals surface area contributed by atoms with E-state index in [1.165, 1.54) is 12.8 Å². The molecule has 1 aliphatic rings. The molecule has 2 N–H and O–H groups in total. The van der Waals surface area contributed by atoms with E-state index in [-0.39, 0.29) is 5.95 Å². The van der Waals surface area contributed by atoms with Crippen LogP contribution in [0.4, 0.5) is 5.95 Å². The number of nitrogens with zero attached hydrogens (tertiary/aromatic N) is 5. The van der Waals surface area contributed by atoms with Gasteiger partial charge in [0.15, 0.2) is 5.65 Å². The third-order valence-electron chi connectivity index (χ3n) is 4.38. The number of fused-ring (bicyclic) bond motifs is 1. The fourth-order valence-corrected chi connectivity index (χ4v) is 3.25. The first-order chi connectivity index (χ1) is 11.3.